The summed E-state index contributed by atoms with van der Waals surface area (Å²) in [5.41, 5.74) is 7.31. The molecular formula is C14H21N3O3. The number of amides is 1. The van der Waals surface area contributed by atoms with Crippen molar-refractivity contribution in [3.05, 3.63) is 23.8 Å². The van der Waals surface area contributed by atoms with Gasteiger partial charge in [0.2, 0.25) is 5.91 Å². The summed E-state index contributed by atoms with van der Waals surface area (Å²) in [6, 6.07) is 5.06. The second-order valence-electron chi connectivity index (χ2n) is 4.85. The van der Waals surface area contributed by atoms with Gasteiger partial charge in [-0.3, -0.25) is 4.79 Å². The van der Waals surface area contributed by atoms with Crippen LogP contribution in [0.5, 0.6) is 0 Å². The van der Waals surface area contributed by atoms with Gasteiger partial charge in [-0.25, -0.2) is 4.79 Å². The summed E-state index contributed by atoms with van der Waals surface area (Å²) >= 11 is 0. The third-order valence-corrected chi connectivity index (χ3v) is 2.77. The Kier molecular flexibility index (Phi) is 5.37. The largest absolute Gasteiger partial charge is 0.461 e. The third-order valence-electron chi connectivity index (χ3n) is 2.77. The van der Waals surface area contributed by atoms with Crippen molar-refractivity contribution in [1.29, 1.82) is 0 Å². The third kappa shape index (κ3) is 4.15. The average Bonchev–Trinajstić information content (AvgIpc) is 2.37. The number of rotatable bonds is 5. The number of nitrogen functional groups attached to an aromatic ring is 1. The highest BCUT2D eigenvalue weighted by molar-refractivity contribution is 5.97. The van der Waals surface area contributed by atoms with Crippen molar-refractivity contribution in [3.63, 3.8) is 0 Å². The summed E-state index contributed by atoms with van der Waals surface area (Å²) in [5.74, 6) is -0.564. The Bertz CT molecular complexity index is 498. The zero-order valence-electron chi connectivity index (χ0n) is 12.3. The molecule has 1 aromatic rings. The topological polar surface area (TPSA) is 75.9 Å². The van der Waals surface area contributed by atoms with Crippen molar-refractivity contribution in [3.8, 4) is 0 Å². The molecule has 0 unspecified atom stereocenters. The number of hydrogen-bond donors (Lipinski definition) is 1. The van der Waals surface area contributed by atoms with Crippen LogP contribution in [0.1, 0.15) is 16.8 Å². The molecule has 1 rings (SSSR count). The molecule has 0 spiro atoms. The van der Waals surface area contributed by atoms with Gasteiger partial charge < -0.3 is 20.3 Å². The van der Waals surface area contributed by atoms with Gasteiger partial charge in [0.25, 0.3) is 0 Å². The van der Waals surface area contributed by atoms with E-state index in [4.69, 9.17) is 10.5 Å². The minimum Gasteiger partial charge on any atom is -0.461 e. The molecule has 6 heteroatoms. The van der Waals surface area contributed by atoms with Gasteiger partial charge in [0.1, 0.15) is 6.61 Å². The Balaban J connectivity index is 2.72. The van der Waals surface area contributed by atoms with E-state index in [0.717, 1.165) is 5.69 Å². The van der Waals surface area contributed by atoms with Gasteiger partial charge in [0.15, 0.2) is 0 Å². The molecule has 1 aromatic carbocycles. The monoisotopic (exact) mass is 279 g/mol. The van der Waals surface area contributed by atoms with E-state index in [1.54, 1.807) is 37.2 Å². The fourth-order valence-electron chi connectivity index (χ4n) is 1.64. The fourth-order valence-corrected chi connectivity index (χ4v) is 1.64. The highest BCUT2D eigenvalue weighted by Gasteiger charge is 2.15. The summed E-state index contributed by atoms with van der Waals surface area (Å²) in [6.45, 7) is 0.0531. The smallest absolute Gasteiger partial charge is 0.340 e. The summed E-state index contributed by atoms with van der Waals surface area (Å²) < 4.78 is 5.13. The fraction of sp³-hybridized carbons (Fsp3) is 0.429. The maximum atomic E-state index is 12.0. The number of carbonyl (C=O) groups excluding carboxylic acids is 2. The second-order valence-corrected chi connectivity index (χ2v) is 4.85. The van der Waals surface area contributed by atoms with Crippen LogP contribution in [0.25, 0.3) is 0 Å². The first-order valence-electron chi connectivity index (χ1n) is 6.27. The number of hydrogen-bond acceptors (Lipinski definition) is 5. The zero-order chi connectivity index (χ0) is 15.3. The van der Waals surface area contributed by atoms with Gasteiger partial charge in [-0.05, 0) is 18.2 Å². The predicted molar refractivity (Wildman–Crippen MR) is 78.8 cm³/mol. The van der Waals surface area contributed by atoms with Gasteiger partial charge >= 0.3 is 5.97 Å². The number of nitrogens with zero attached hydrogens (tertiary/aromatic N) is 2. The lowest BCUT2D eigenvalue weighted by molar-refractivity contribution is -0.129. The summed E-state index contributed by atoms with van der Waals surface area (Å²) in [7, 11) is 6.98. The standard InChI is InChI=1S/C14H21N3O3/c1-16(2)12-6-5-10(15)9-11(12)14(19)20-8-7-13(18)17(3)4/h5-6,9H,7-8,15H2,1-4H3. The van der Waals surface area contributed by atoms with E-state index in [9.17, 15) is 9.59 Å². The van der Waals surface area contributed by atoms with Crippen molar-refractivity contribution in [2.45, 2.75) is 6.42 Å². The molecule has 0 aliphatic heterocycles. The van der Waals surface area contributed by atoms with E-state index in [-0.39, 0.29) is 18.9 Å². The molecule has 20 heavy (non-hydrogen) atoms. The van der Waals surface area contributed by atoms with Crippen LogP contribution in [-0.4, -0.2) is 51.6 Å². The van der Waals surface area contributed by atoms with Crippen molar-refractivity contribution in [2.75, 3.05) is 45.4 Å². The lowest BCUT2D eigenvalue weighted by atomic mass is 10.1. The molecule has 6 nitrogen and oxygen atoms in total. The van der Waals surface area contributed by atoms with Gasteiger partial charge in [-0.1, -0.05) is 0 Å². The SMILES string of the molecule is CN(C)C(=O)CCOC(=O)c1cc(N)ccc1N(C)C. The predicted octanol–water partition coefficient (Wildman–Crippen LogP) is 0.970. The molecule has 0 saturated heterocycles. The van der Waals surface area contributed by atoms with Crippen LogP contribution in [0.4, 0.5) is 11.4 Å². The first-order valence-corrected chi connectivity index (χ1v) is 6.27. The molecule has 0 aliphatic carbocycles. The minimum absolute atomic E-state index is 0.0531. The molecule has 0 saturated carbocycles. The number of ether oxygens (including phenoxy) is 1. The van der Waals surface area contributed by atoms with E-state index in [2.05, 4.69) is 0 Å². The highest BCUT2D eigenvalue weighted by atomic mass is 16.5. The lowest BCUT2D eigenvalue weighted by Crippen LogP contribution is -2.23. The maximum absolute atomic E-state index is 12.0. The van der Waals surface area contributed by atoms with E-state index in [0.29, 0.717) is 11.3 Å². The van der Waals surface area contributed by atoms with E-state index in [1.165, 1.54) is 4.90 Å². The van der Waals surface area contributed by atoms with Crippen LogP contribution in [0.3, 0.4) is 0 Å². The molecule has 1 amide bonds. The number of benzene rings is 1. The summed E-state index contributed by atoms with van der Waals surface area (Å²) in [5, 5.41) is 0. The molecular weight excluding hydrogens is 258 g/mol. The Hall–Kier alpha value is -2.24. The van der Waals surface area contributed by atoms with Crippen LogP contribution < -0.4 is 10.6 Å². The Morgan fingerprint density at radius 3 is 2.40 bits per heavy atom. The molecule has 0 heterocycles. The molecule has 2 N–H and O–H groups in total. The van der Waals surface area contributed by atoms with Crippen molar-refractivity contribution in [1.82, 2.24) is 4.90 Å². The Morgan fingerprint density at radius 1 is 1.20 bits per heavy atom. The normalized spacial score (nSPS) is 10.0. The molecule has 0 bridgehead atoms. The average molecular weight is 279 g/mol. The van der Waals surface area contributed by atoms with Crippen LogP contribution in [0.15, 0.2) is 18.2 Å². The first-order chi connectivity index (χ1) is 9.32. The molecule has 0 aliphatic rings. The minimum atomic E-state index is -0.479. The Labute approximate surface area is 119 Å². The number of nitrogens with two attached hydrogens (primary N) is 1. The Morgan fingerprint density at radius 2 is 1.85 bits per heavy atom. The summed E-state index contributed by atoms with van der Waals surface area (Å²) in [6.07, 6.45) is 0.165. The zero-order valence-corrected chi connectivity index (χ0v) is 12.3. The van der Waals surface area contributed by atoms with Crippen molar-refractivity contribution < 1.29 is 14.3 Å². The van der Waals surface area contributed by atoms with Crippen LogP contribution >= 0.6 is 0 Å². The van der Waals surface area contributed by atoms with Crippen LogP contribution in [0, 0.1) is 0 Å². The van der Waals surface area contributed by atoms with E-state index >= 15 is 0 Å². The molecule has 0 aromatic heterocycles. The quantitative estimate of drug-likeness (QED) is 0.642. The van der Waals surface area contributed by atoms with Crippen LogP contribution in [-0.2, 0) is 9.53 Å². The molecule has 0 radical (unpaired) electrons. The number of esters is 1. The van der Waals surface area contributed by atoms with E-state index < -0.39 is 5.97 Å². The number of carbonyl (C=O) groups is 2. The van der Waals surface area contributed by atoms with Gasteiger partial charge in [0, 0.05) is 33.9 Å². The van der Waals surface area contributed by atoms with Crippen LogP contribution in [0.2, 0.25) is 0 Å². The second kappa shape index (κ2) is 6.79. The molecule has 0 fully saturated rings. The maximum Gasteiger partial charge on any atom is 0.340 e. The van der Waals surface area contributed by atoms with Gasteiger partial charge in [-0.15, -0.1) is 0 Å². The van der Waals surface area contributed by atoms with Crippen molar-refractivity contribution >= 4 is 23.3 Å². The highest BCUT2D eigenvalue weighted by Crippen LogP contribution is 2.22. The van der Waals surface area contributed by atoms with E-state index in [1.807, 2.05) is 14.1 Å². The number of anilines is 2. The summed E-state index contributed by atoms with van der Waals surface area (Å²) in [4.78, 5) is 26.7. The van der Waals surface area contributed by atoms with Gasteiger partial charge in [0.05, 0.1) is 17.7 Å². The first kappa shape index (κ1) is 15.8. The molecule has 0 atom stereocenters. The lowest BCUT2D eigenvalue weighted by Gasteiger charge is -2.17. The molecule has 110 valence electrons. The van der Waals surface area contributed by atoms with Gasteiger partial charge in [-0.2, -0.15) is 0 Å². The van der Waals surface area contributed by atoms with Crippen molar-refractivity contribution in [2.24, 2.45) is 0 Å².